The van der Waals surface area contributed by atoms with Crippen LogP contribution >= 0.6 is 11.8 Å². The van der Waals surface area contributed by atoms with Gasteiger partial charge in [0.2, 0.25) is 5.91 Å². The quantitative estimate of drug-likeness (QED) is 0.410. The van der Waals surface area contributed by atoms with Gasteiger partial charge in [-0.05, 0) is 25.3 Å². The van der Waals surface area contributed by atoms with Crippen molar-refractivity contribution in [3.8, 4) is 0 Å². The summed E-state index contributed by atoms with van der Waals surface area (Å²) in [6.07, 6.45) is 2.57. The van der Waals surface area contributed by atoms with Gasteiger partial charge < -0.3 is 20.4 Å². The van der Waals surface area contributed by atoms with Gasteiger partial charge in [-0.1, -0.05) is 18.2 Å². The van der Waals surface area contributed by atoms with Gasteiger partial charge in [0.15, 0.2) is 5.96 Å². The molecule has 1 aromatic rings. The maximum Gasteiger partial charge on any atom is 0.224 e. The van der Waals surface area contributed by atoms with E-state index in [1.807, 2.05) is 17.9 Å². The number of piperazine rings is 1. The molecule has 0 unspecified atom stereocenters. The standard InChI is InChI=1S/C19H31N5OS/c1-3-20-19(22-11-16-26-2)21-10-9-18(25)24-14-12-23(13-15-24)17-7-5-4-6-8-17/h4-8H,3,9-16H2,1-2H3,(H2,20,21,22). The minimum absolute atomic E-state index is 0.213. The Labute approximate surface area is 161 Å². The molecule has 1 fully saturated rings. The Bertz CT molecular complexity index is 558. The molecule has 26 heavy (non-hydrogen) atoms. The molecule has 1 amide bonds. The molecule has 7 heteroatoms. The van der Waals surface area contributed by atoms with Crippen molar-refractivity contribution in [3.05, 3.63) is 30.3 Å². The number of carbonyl (C=O) groups is 1. The molecule has 2 rings (SSSR count). The van der Waals surface area contributed by atoms with Crippen LogP contribution in [0.2, 0.25) is 0 Å². The van der Waals surface area contributed by atoms with Crippen LogP contribution in [0.1, 0.15) is 13.3 Å². The topological polar surface area (TPSA) is 60.0 Å². The fraction of sp³-hybridized carbons (Fsp3) is 0.579. The van der Waals surface area contributed by atoms with Crippen molar-refractivity contribution < 1.29 is 4.79 Å². The van der Waals surface area contributed by atoms with E-state index in [0.29, 0.717) is 13.0 Å². The van der Waals surface area contributed by atoms with Crippen LogP contribution < -0.4 is 15.5 Å². The average Bonchev–Trinajstić information content (AvgIpc) is 2.69. The number of para-hydroxylation sites is 1. The zero-order valence-electron chi connectivity index (χ0n) is 15.9. The van der Waals surface area contributed by atoms with Gasteiger partial charge in [-0.2, -0.15) is 11.8 Å². The molecule has 0 aliphatic carbocycles. The molecule has 0 radical (unpaired) electrons. The lowest BCUT2D eigenvalue weighted by molar-refractivity contribution is -0.131. The van der Waals surface area contributed by atoms with Crippen molar-refractivity contribution in [1.82, 2.24) is 15.5 Å². The van der Waals surface area contributed by atoms with Crippen molar-refractivity contribution >= 4 is 29.3 Å². The number of carbonyl (C=O) groups excluding carboxylic acids is 1. The van der Waals surface area contributed by atoms with Crippen LogP contribution in [0.4, 0.5) is 5.69 Å². The molecule has 0 atom stereocenters. The number of nitrogens with one attached hydrogen (secondary N) is 2. The summed E-state index contributed by atoms with van der Waals surface area (Å²) in [4.78, 5) is 21.3. The van der Waals surface area contributed by atoms with E-state index < -0.39 is 0 Å². The van der Waals surface area contributed by atoms with Gasteiger partial charge in [0.1, 0.15) is 0 Å². The van der Waals surface area contributed by atoms with Crippen molar-refractivity contribution in [1.29, 1.82) is 0 Å². The molecule has 0 aromatic heterocycles. The molecule has 0 saturated carbocycles. The summed E-state index contributed by atoms with van der Waals surface area (Å²) in [6.45, 7) is 7.62. The Morgan fingerprint density at radius 2 is 1.88 bits per heavy atom. The van der Waals surface area contributed by atoms with Crippen molar-refractivity contribution in [2.45, 2.75) is 13.3 Å². The van der Waals surface area contributed by atoms with Crippen molar-refractivity contribution in [3.63, 3.8) is 0 Å². The first-order valence-corrected chi connectivity index (χ1v) is 10.7. The normalized spacial score (nSPS) is 15.1. The third-order valence-electron chi connectivity index (χ3n) is 4.29. The number of amides is 1. The van der Waals surface area contributed by atoms with Crippen molar-refractivity contribution in [2.75, 3.05) is 62.7 Å². The lowest BCUT2D eigenvalue weighted by atomic mass is 10.2. The van der Waals surface area contributed by atoms with Gasteiger partial charge in [-0.3, -0.25) is 9.79 Å². The summed E-state index contributed by atoms with van der Waals surface area (Å²) < 4.78 is 0. The fourth-order valence-corrected chi connectivity index (χ4v) is 3.16. The second kappa shape index (κ2) is 11.7. The highest BCUT2D eigenvalue weighted by Crippen LogP contribution is 2.15. The fourth-order valence-electron chi connectivity index (χ4n) is 2.89. The number of nitrogens with zero attached hydrogens (tertiary/aromatic N) is 3. The Morgan fingerprint density at radius 1 is 1.15 bits per heavy atom. The number of rotatable bonds is 8. The van der Waals surface area contributed by atoms with E-state index in [4.69, 9.17) is 0 Å². The summed E-state index contributed by atoms with van der Waals surface area (Å²) in [5, 5.41) is 6.47. The van der Waals surface area contributed by atoms with Gasteiger partial charge in [-0.25, -0.2) is 0 Å². The Morgan fingerprint density at radius 3 is 2.54 bits per heavy atom. The number of anilines is 1. The average molecular weight is 378 g/mol. The van der Waals surface area contributed by atoms with E-state index in [0.717, 1.165) is 51.0 Å². The molecule has 2 N–H and O–H groups in total. The highest BCUT2D eigenvalue weighted by atomic mass is 32.2. The maximum atomic E-state index is 12.4. The SMILES string of the molecule is CCNC(=NCCSC)NCCC(=O)N1CCN(c2ccccc2)CC1. The smallest absolute Gasteiger partial charge is 0.224 e. The Balaban J connectivity index is 1.70. The monoisotopic (exact) mass is 377 g/mol. The first kappa shape index (κ1) is 20.4. The summed E-state index contributed by atoms with van der Waals surface area (Å²) in [6, 6.07) is 10.4. The molecule has 1 aliphatic heterocycles. The highest BCUT2D eigenvalue weighted by molar-refractivity contribution is 7.98. The third kappa shape index (κ3) is 6.78. The van der Waals surface area contributed by atoms with Crippen LogP contribution in [0.25, 0.3) is 0 Å². The molecular formula is C19H31N5OS. The van der Waals surface area contributed by atoms with Gasteiger partial charge in [0.25, 0.3) is 0 Å². The first-order valence-electron chi connectivity index (χ1n) is 9.33. The van der Waals surface area contributed by atoms with Crippen LogP contribution in [-0.2, 0) is 4.79 Å². The second-order valence-corrected chi connectivity index (χ2v) is 7.12. The van der Waals surface area contributed by atoms with Crippen LogP contribution in [0.5, 0.6) is 0 Å². The molecule has 0 spiro atoms. The molecule has 1 heterocycles. The van der Waals surface area contributed by atoms with Gasteiger partial charge in [-0.15, -0.1) is 0 Å². The van der Waals surface area contributed by atoms with E-state index in [2.05, 4.69) is 51.0 Å². The van der Waals surface area contributed by atoms with Crippen LogP contribution in [-0.4, -0.2) is 74.6 Å². The van der Waals surface area contributed by atoms with E-state index in [9.17, 15) is 4.79 Å². The lowest BCUT2D eigenvalue weighted by Gasteiger charge is -2.36. The molecular weight excluding hydrogens is 346 g/mol. The third-order valence-corrected chi connectivity index (χ3v) is 4.89. The summed E-state index contributed by atoms with van der Waals surface area (Å²) in [5.74, 6) is 2.01. The van der Waals surface area contributed by atoms with Crippen LogP contribution in [0.15, 0.2) is 35.3 Å². The molecule has 144 valence electrons. The predicted octanol–water partition coefficient (Wildman–Crippen LogP) is 1.64. The first-order chi connectivity index (χ1) is 12.7. The number of guanidine groups is 1. The summed E-state index contributed by atoms with van der Waals surface area (Å²) in [5.41, 5.74) is 1.23. The van der Waals surface area contributed by atoms with Gasteiger partial charge in [0.05, 0.1) is 6.54 Å². The van der Waals surface area contributed by atoms with E-state index in [1.165, 1.54) is 5.69 Å². The second-order valence-electron chi connectivity index (χ2n) is 6.13. The van der Waals surface area contributed by atoms with Gasteiger partial charge in [0, 0.05) is 57.1 Å². The minimum atomic E-state index is 0.213. The minimum Gasteiger partial charge on any atom is -0.368 e. The number of thioether (sulfide) groups is 1. The number of hydrogen-bond donors (Lipinski definition) is 2. The number of benzene rings is 1. The Kier molecular flexibility index (Phi) is 9.17. The van der Waals surface area contributed by atoms with Crippen molar-refractivity contribution in [2.24, 2.45) is 4.99 Å². The molecule has 1 saturated heterocycles. The van der Waals surface area contributed by atoms with E-state index >= 15 is 0 Å². The summed E-state index contributed by atoms with van der Waals surface area (Å²) >= 11 is 1.78. The van der Waals surface area contributed by atoms with Crippen LogP contribution in [0, 0.1) is 0 Å². The molecule has 1 aromatic carbocycles. The molecule has 6 nitrogen and oxygen atoms in total. The van der Waals surface area contributed by atoms with Gasteiger partial charge >= 0.3 is 0 Å². The predicted molar refractivity (Wildman–Crippen MR) is 112 cm³/mol. The highest BCUT2D eigenvalue weighted by Gasteiger charge is 2.20. The summed E-state index contributed by atoms with van der Waals surface area (Å²) in [7, 11) is 0. The Hall–Kier alpha value is -1.89. The van der Waals surface area contributed by atoms with Crippen LogP contribution in [0.3, 0.4) is 0 Å². The largest absolute Gasteiger partial charge is 0.368 e. The number of hydrogen-bond acceptors (Lipinski definition) is 4. The van der Waals surface area contributed by atoms with E-state index in [1.54, 1.807) is 11.8 Å². The lowest BCUT2D eigenvalue weighted by Crippen LogP contribution is -2.49. The molecule has 1 aliphatic rings. The number of aliphatic imine (C=N–C) groups is 1. The zero-order valence-corrected chi connectivity index (χ0v) is 16.7. The zero-order chi connectivity index (χ0) is 18.6. The maximum absolute atomic E-state index is 12.4. The molecule has 0 bridgehead atoms. The van der Waals surface area contributed by atoms with E-state index in [-0.39, 0.29) is 5.91 Å².